The highest BCUT2D eigenvalue weighted by Gasteiger charge is 2.47. The summed E-state index contributed by atoms with van der Waals surface area (Å²) < 4.78 is 4.87. The quantitative estimate of drug-likeness (QED) is 0.267. The lowest BCUT2D eigenvalue weighted by Gasteiger charge is -2.36. The summed E-state index contributed by atoms with van der Waals surface area (Å²) in [6.07, 6.45) is 0.0934. The summed E-state index contributed by atoms with van der Waals surface area (Å²) in [5, 5.41) is 18.1. The van der Waals surface area contributed by atoms with Crippen molar-refractivity contribution in [2.45, 2.75) is 27.2 Å². The Kier molecular flexibility index (Phi) is 5.42. The van der Waals surface area contributed by atoms with Gasteiger partial charge in [-0.05, 0) is 23.8 Å². The van der Waals surface area contributed by atoms with Crippen LogP contribution in [-0.4, -0.2) is 34.7 Å². The van der Waals surface area contributed by atoms with E-state index < -0.39 is 17.3 Å². The van der Waals surface area contributed by atoms with Gasteiger partial charge in [0, 0.05) is 17.2 Å². The highest BCUT2D eigenvalue weighted by molar-refractivity contribution is 6.23. The number of allylic oxidation sites excluding steroid dienone is 1. The molecule has 1 aliphatic carbocycles. The Morgan fingerprint density at radius 3 is 2.44 bits per heavy atom. The molecule has 0 aliphatic heterocycles. The topological polar surface area (TPSA) is 101 Å². The van der Waals surface area contributed by atoms with Gasteiger partial charge in [-0.1, -0.05) is 56.3 Å². The molecule has 2 N–H and O–H groups in total. The summed E-state index contributed by atoms with van der Waals surface area (Å²) in [5.41, 5.74) is 3.32. The molecule has 7 nitrogen and oxygen atoms in total. The van der Waals surface area contributed by atoms with Gasteiger partial charge in [0.2, 0.25) is 0 Å². The van der Waals surface area contributed by atoms with Gasteiger partial charge in [-0.25, -0.2) is 4.98 Å². The van der Waals surface area contributed by atoms with E-state index in [9.17, 15) is 14.7 Å². The van der Waals surface area contributed by atoms with Crippen molar-refractivity contribution in [1.82, 2.24) is 4.98 Å². The second-order valence-corrected chi connectivity index (χ2v) is 8.64. The lowest BCUT2D eigenvalue weighted by Crippen LogP contribution is -2.41. The fourth-order valence-electron chi connectivity index (χ4n) is 4.38. The monoisotopic (exact) mass is 431 g/mol. The number of hydrogen-bond donors (Lipinski definition) is 2. The molecule has 32 heavy (non-hydrogen) atoms. The molecule has 0 saturated carbocycles. The first kappa shape index (κ1) is 21.5. The van der Waals surface area contributed by atoms with Gasteiger partial charge in [-0.2, -0.15) is 5.10 Å². The van der Waals surface area contributed by atoms with Crippen LogP contribution >= 0.6 is 0 Å². The Hall–Kier alpha value is -3.74. The average Bonchev–Trinajstić information content (AvgIpc) is 2.76. The van der Waals surface area contributed by atoms with E-state index >= 15 is 0 Å². The van der Waals surface area contributed by atoms with Crippen LogP contribution in [0.5, 0.6) is 0 Å². The molecule has 0 bridgehead atoms. The van der Waals surface area contributed by atoms with Crippen molar-refractivity contribution in [2.24, 2.45) is 16.4 Å². The number of carbonyl (C=O) groups is 2. The number of hydrogen-bond acceptors (Lipinski definition) is 7. The molecule has 0 amide bonds. The second-order valence-electron chi connectivity index (χ2n) is 8.64. The van der Waals surface area contributed by atoms with Crippen LogP contribution in [0.2, 0.25) is 0 Å². The number of nitrogens with one attached hydrogen (secondary N) is 1. The number of aliphatic hydroxyl groups excluding tert-OH is 1. The number of pyridine rings is 1. The highest BCUT2D eigenvalue weighted by Crippen LogP contribution is 2.42. The third-order valence-corrected chi connectivity index (χ3v) is 5.94. The summed E-state index contributed by atoms with van der Waals surface area (Å²) in [6.45, 7) is 5.14. The minimum atomic E-state index is -0.940. The van der Waals surface area contributed by atoms with Gasteiger partial charge in [-0.15, -0.1) is 0 Å². The van der Waals surface area contributed by atoms with Gasteiger partial charge in [-0.3, -0.25) is 15.0 Å². The molecule has 0 radical (unpaired) electrons. The van der Waals surface area contributed by atoms with Crippen LogP contribution in [0.3, 0.4) is 0 Å². The zero-order valence-corrected chi connectivity index (χ0v) is 18.5. The van der Waals surface area contributed by atoms with E-state index in [0.29, 0.717) is 5.82 Å². The van der Waals surface area contributed by atoms with Crippen molar-refractivity contribution in [3.05, 3.63) is 59.9 Å². The lowest BCUT2D eigenvalue weighted by atomic mass is 9.68. The van der Waals surface area contributed by atoms with E-state index in [0.717, 1.165) is 21.7 Å². The predicted octanol–water partition coefficient (Wildman–Crippen LogP) is 4.78. The van der Waals surface area contributed by atoms with Crippen molar-refractivity contribution in [3.63, 3.8) is 0 Å². The molecule has 2 aromatic carbocycles. The summed E-state index contributed by atoms with van der Waals surface area (Å²) in [5.74, 6) is -1.57. The van der Waals surface area contributed by atoms with Crippen molar-refractivity contribution in [1.29, 1.82) is 0 Å². The lowest BCUT2D eigenvalue weighted by molar-refractivity contribution is -0.150. The number of esters is 1. The Balaban J connectivity index is 1.77. The van der Waals surface area contributed by atoms with E-state index in [4.69, 9.17) is 4.74 Å². The van der Waals surface area contributed by atoms with Crippen molar-refractivity contribution in [2.75, 3.05) is 12.5 Å². The van der Waals surface area contributed by atoms with Crippen LogP contribution < -0.4 is 5.43 Å². The summed E-state index contributed by atoms with van der Waals surface area (Å²) in [7, 11) is 1.26. The largest absolute Gasteiger partial charge is 0.511 e. The first-order valence-corrected chi connectivity index (χ1v) is 10.4. The number of anilines is 1. The van der Waals surface area contributed by atoms with Crippen molar-refractivity contribution in [3.8, 4) is 0 Å². The minimum Gasteiger partial charge on any atom is -0.511 e. The van der Waals surface area contributed by atoms with Crippen LogP contribution in [0, 0.1) is 11.3 Å². The molecule has 4 rings (SSSR count). The number of benzene rings is 2. The van der Waals surface area contributed by atoms with Gasteiger partial charge in [0.15, 0.2) is 11.6 Å². The Morgan fingerprint density at radius 2 is 1.75 bits per heavy atom. The fourth-order valence-corrected chi connectivity index (χ4v) is 4.38. The van der Waals surface area contributed by atoms with Crippen LogP contribution in [0.25, 0.3) is 21.7 Å². The molecule has 0 spiro atoms. The van der Waals surface area contributed by atoms with Crippen LogP contribution in [-0.2, 0) is 14.3 Å². The molecule has 1 heterocycles. The molecule has 1 aliphatic rings. The standard InChI is InChI=1S/C25H25N3O4/c1-14(20-19(29)13-25(2,3)21(22(20)30)24(31)32-4)27-28-23-17-11-6-5-9-15(17)16-10-7-8-12-18(16)26-23/h5-12,21,30H,13H2,1-4H3,(H,26,28). The fraction of sp³-hybridized carbons (Fsp3) is 0.280. The van der Waals surface area contributed by atoms with Gasteiger partial charge < -0.3 is 9.84 Å². The number of methoxy groups -OCH3 is 1. The molecule has 7 heteroatoms. The predicted molar refractivity (Wildman–Crippen MR) is 125 cm³/mol. The van der Waals surface area contributed by atoms with Gasteiger partial charge >= 0.3 is 5.97 Å². The number of rotatable bonds is 4. The van der Waals surface area contributed by atoms with Crippen molar-refractivity contribution < 1.29 is 19.4 Å². The summed E-state index contributed by atoms with van der Waals surface area (Å²) >= 11 is 0. The first-order valence-electron chi connectivity index (χ1n) is 10.4. The van der Waals surface area contributed by atoms with Gasteiger partial charge in [0.05, 0.1) is 23.9 Å². The maximum atomic E-state index is 12.8. The maximum absolute atomic E-state index is 12.8. The zero-order chi connectivity index (χ0) is 23.0. The number of para-hydroxylation sites is 1. The molecular formula is C25H25N3O4. The number of hydrazone groups is 1. The van der Waals surface area contributed by atoms with E-state index in [1.807, 2.05) is 48.5 Å². The first-order chi connectivity index (χ1) is 15.2. The van der Waals surface area contributed by atoms with Crippen LogP contribution in [0.15, 0.2) is 65.0 Å². The third kappa shape index (κ3) is 3.60. The Bertz CT molecular complexity index is 1310. The van der Waals surface area contributed by atoms with Crippen LogP contribution in [0.4, 0.5) is 5.82 Å². The zero-order valence-electron chi connectivity index (χ0n) is 18.5. The SMILES string of the molecule is COC(=O)C1C(O)=C(C(C)=NNc2nc3ccccc3c3ccccc23)C(=O)CC1(C)C. The maximum Gasteiger partial charge on any atom is 0.316 e. The second kappa shape index (κ2) is 8.07. The van der Waals surface area contributed by atoms with E-state index in [2.05, 4.69) is 15.5 Å². The highest BCUT2D eigenvalue weighted by atomic mass is 16.5. The number of Topliss-reactive ketones (excluding diaryl/α,β-unsaturated/α-hetero) is 1. The number of aliphatic hydroxyl groups is 1. The van der Waals surface area contributed by atoms with Crippen molar-refractivity contribution >= 4 is 45.0 Å². The van der Waals surface area contributed by atoms with Gasteiger partial charge in [0.1, 0.15) is 11.7 Å². The normalized spacial score (nSPS) is 18.8. The molecule has 1 aromatic heterocycles. The molecule has 0 fully saturated rings. The van der Waals surface area contributed by atoms with E-state index in [-0.39, 0.29) is 29.2 Å². The molecular weight excluding hydrogens is 406 g/mol. The van der Waals surface area contributed by atoms with E-state index in [1.54, 1.807) is 20.8 Å². The third-order valence-electron chi connectivity index (χ3n) is 5.94. The number of nitrogens with zero attached hydrogens (tertiary/aromatic N) is 2. The number of ether oxygens (including phenoxy) is 1. The summed E-state index contributed by atoms with van der Waals surface area (Å²) in [4.78, 5) is 29.8. The average molecular weight is 431 g/mol. The molecule has 0 saturated heterocycles. The molecule has 1 unspecified atom stereocenters. The summed E-state index contributed by atoms with van der Waals surface area (Å²) in [6, 6.07) is 15.7. The number of carbonyl (C=O) groups excluding carboxylic acids is 2. The molecule has 164 valence electrons. The van der Waals surface area contributed by atoms with Crippen LogP contribution in [0.1, 0.15) is 27.2 Å². The number of aromatic nitrogens is 1. The smallest absolute Gasteiger partial charge is 0.316 e. The van der Waals surface area contributed by atoms with Gasteiger partial charge in [0.25, 0.3) is 0 Å². The number of ketones is 1. The van der Waals surface area contributed by atoms with E-state index in [1.165, 1.54) is 7.11 Å². The Morgan fingerprint density at radius 1 is 1.12 bits per heavy atom. The minimum absolute atomic E-state index is 0.0392. The molecule has 3 aromatic rings. The molecule has 1 atom stereocenters. The number of fused-ring (bicyclic) bond motifs is 3. The Labute approximate surface area is 185 Å².